The van der Waals surface area contributed by atoms with Crippen molar-refractivity contribution in [2.75, 3.05) is 18.8 Å². The molecule has 0 atom stereocenters. The molecule has 3 rings (SSSR count). The molecular weight excluding hydrogens is 318 g/mol. The summed E-state index contributed by atoms with van der Waals surface area (Å²) in [6.07, 6.45) is 2.21. The first kappa shape index (κ1) is 15.5. The van der Waals surface area contributed by atoms with E-state index in [-0.39, 0.29) is 5.91 Å². The van der Waals surface area contributed by atoms with Crippen LogP contribution in [0.25, 0.3) is 0 Å². The normalized spacial score (nSPS) is 16.1. The van der Waals surface area contributed by atoms with Crippen molar-refractivity contribution in [3.63, 3.8) is 0 Å². The molecule has 0 aliphatic carbocycles. The monoisotopic (exact) mass is 337 g/mol. The molecule has 6 nitrogen and oxygen atoms in total. The van der Waals surface area contributed by atoms with Crippen molar-refractivity contribution in [3.8, 4) is 0 Å². The van der Waals surface area contributed by atoms with Gasteiger partial charge in [-0.15, -0.1) is 16.4 Å². The van der Waals surface area contributed by atoms with Crippen LogP contribution in [0.2, 0.25) is 0 Å². The number of thiophene rings is 1. The van der Waals surface area contributed by atoms with E-state index >= 15 is 0 Å². The van der Waals surface area contributed by atoms with Gasteiger partial charge in [0.25, 0.3) is 0 Å². The summed E-state index contributed by atoms with van der Waals surface area (Å²) in [5, 5.41) is 14.5. The van der Waals surface area contributed by atoms with Crippen LogP contribution in [-0.4, -0.2) is 49.9 Å². The summed E-state index contributed by atoms with van der Waals surface area (Å²) in [4.78, 5) is 15.4. The molecule has 0 spiro atoms. The SMILES string of the molecule is CC1CCN(C(=O)CSc2nnnn2Cc2cccs2)CC1. The Morgan fingerprint density at radius 1 is 1.45 bits per heavy atom. The van der Waals surface area contributed by atoms with E-state index in [1.165, 1.54) is 16.6 Å². The lowest BCUT2D eigenvalue weighted by Gasteiger charge is -2.30. The van der Waals surface area contributed by atoms with Crippen LogP contribution in [0, 0.1) is 5.92 Å². The van der Waals surface area contributed by atoms with Gasteiger partial charge in [0, 0.05) is 18.0 Å². The highest BCUT2D eigenvalue weighted by Crippen LogP contribution is 2.20. The Hall–Kier alpha value is -1.41. The number of hydrogen-bond donors (Lipinski definition) is 0. The average molecular weight is 337 g/mol. The van der Waals surface area contributed by atoms with Crippen LogP contribution in [0.3, 0.4) is 0 Å². The zero-order valence-corrected chi connectivity index (χ0v) is 14.1. The van der Waals surface area contributed by atoms with Gasteiger partial charge in [-0.2, -0.15) is 0 Å². The quantitative estimate of drug-likeness (QED) is 0.782. The molecule has 8 heteroatoms. The van der Waals surface area contributed by atoms with Crippen LogP contribution in [0.15, 0.2) is 22.7 Å². The number of aromatic nitrogens is 4. The van der Waals surface area contributed by atoms with Crippen molar-refractivity contribution in [2.24, 2.45) is 5.92 Å². The van der Waals surface area contributed by atoms with E-state index in [1.54, 1.807) is 16.0 Å². The van der Waals surface area contributed by atoms with Crippen LogP contribution >= 0.6 is 23.1 Å². The predicted molar refractivity (Wildman–Crippen MR) is 86.9 cm³/mol. The maximum Gasteiger partial charge on any atom is 0.233 e. The lowest BCUT2D eigenvalue weighted by molar-refractivity contribution is -0.129. The fourth-order valence-corrected chi connectivity index (χ4v) is 3.89. The average Bonchev–Trinajstić information content (AvgIpc) is 3.18. The van der Waals surface area contributed by atoms with Gasteiger partial charge in [-0.1, -0.05) is 24.8 Å². The molecule has 0 aromatic carbocycles. The van der Waals surface area contributed by atoms with Crippen molar-refractivity contribution in [2.45, 2.75) is 31.5 Å². The highest BCUT2D eigenvalue weighted by molar-refractivity contribution is 7.99. The number of hydrogen-bond acceptors (Lipinski definition) is 6. The third-order valence-corrected chi connectivity index (χ3v) is 5.65. The van der Waals surface area contributed by atoms with E-state index in [2.05, 4.69) is 28.5 Å². The minimum Gasteiger partial charge on any atom is -0.342 e. The molecule has 2 aromatic rings. The lowest BCUT2D eigenvalue weighted by atomic mass is 9.99. The van der Waals surface area contributed by atoms with Gasteiger partial charge < -0.3 is 4.90 Å². The van der Waals surface area contributed by atoms with E-state index in [4.69, 9.17) is 0 Å². The third-order valence-electron chi connectivity index (χ3n) is 3.85. The number of carbonyl (C=O) groups excluding carboxylic acids is 1. The molecule has 1 amide bonds. The van der Waals surface area contributed by atoms with Gasteiger partial charge in [0.1, 0.15) is 0 Å². The van der Waals surface area contributed by atoms with E-state index in [9.17, 15) is 4.79 Å². The minimum atomic E-state index is 0.183. The Kier molecular flexibility index (Phi) is 5.09. The van der Waals surface area contributed by atoms with Crippen molar-refractivity contribution >= 4 is 29.0 Å². The first-order chi connectivity index (χ1) is 10.7. The summed E-state index contributed by atoms with van der Waals surface area (Å²) in [6, 6.07) is 4.07. The van der Waals surface area contributed by atoms with Crippen LogP contribution in [0.5, 0.6) is 0 Å². The highest BCUT2D eigenvalue weighted by Gasteiger charge is 2.21. The lowest BCUT2D eigenvalue weighted by Crippen LogP contribution is -2.38. The fourth-order valence-electron chi connectivity index (χ4n) is 2.42. The number of nitrogens with zero attached hydrogens (tertiary/aromatic N) is 5. The second kappa shape index (κ2) is 7.23. The Morgan fingerprint density at radius 2 is 2.27 bits per heavy atom. The second-order valence-electron chi connectivity index (χ2n) is 5.55. The molecule has 0 N–H and O–H groups in total. The first-order valence-corrected chi connectivity index (χ1v) is 9.28. The summed E-state index contributed by atoms with van der Waals surface area (Å²) in [6.45, 7) is 4.65. The standard InChI is InChI=1S/C14H19N5OS2/c1-11-4-6-18(7-5-11)13(20)10-22-14-15-16-17-19(14)9-12-3-2-8-21-12/h2-3,8,11H,4-7,9-10H2,1H3. The zero-order valence-electron chi connectivity index (χ0n) is 12.5. The maximum absolute atomic E-state index is 12.3. The molecule has 3 heterocycles. The first-order valence-electron chi connectivity index (χ1n) is 7.41. The number of thioether (sulfide) groups is 1. The van der Waals surface area contributed by atoms with E-state index in [0.29, 0.717) is 17.5 Å². The van der Waals surface area contributed by atoms with E-state index < -0.39 is 0 Å². The number of amides is 1. The number of carbonyl (C=O) groups is 1. The largest absolute Gasteiger partial charge is 0.342 e. The van der Waals surface area contributed by atoms with Gasteiger partial charge in [-0.3, -0.25) is 4.79 Å². The smallest absolute Gasteiger partial charge is 0.233 e. The number of tetrazole rings is 1. The van der Waals surface area contributed by atoms with Crippen molar-refractivity contribution in [3.05, 3.63) is 22.4 Å². The molecule has 0 saturated carbocycles. The van der Waals surface area contributed by atoms with Crippen LogP contribution < -0.4 is 0 Å². The molecule has 2 aromatic heterocycles. The summed E-state index contributed by atoms with van der Waals surface area (Å²) in [5.41, 5.74) is 0. The maximum atomic E-state index is 12.3. The molecule has 0 radical (unpaired) electrons. The molecular formula is C14H19N5OS2. The number of likely N-dealkylation sites (tertiary alicyclic amines) is 1. The van der Waals surface area contributed by atoms with Crippen molar-refractivity contribution < 1.29 is 4.79 Å². The molecule has 0 unspecified atom stereocenters. The summed E-state index contributed by atoms with van der Waals surface area (Å²) >= 11 is 3.09. The fraction of sp³-hybridized carbons (Fsp3) is 0.571. The molecule has 118 valence electrons. The molecule has 22 heavy (non-hydrogen) atoms. The summed E-state index contributed by atoms with van der Waals surface area (Å²) < 4.78 is 1.75. The van der Waals surface area contributed by atoms with Gasteiger partial charge in [0.15, 0.2) is 0 Å². The Balaban J connectivity index is 1.53. The Bertz CT molecular complexity index is 605. The molecule has 1 aliphatic rings. The van der Waals surface area contributed by atoms with Crippen LogP contribution in [0.1, 0.15) is 24.6 Å². The van der Waals surface area contributed by atoms with Crippen molar-refractivity contribution in [1.29, 1.82) is 0 Å². The topological polar surface area (TPSA) is 63.9 Å². The van der Waals surface area contributed by atoms with Gasteiger partial charge >= 0.3 is 0 Å². The Labute approximate surface area is 137 Å². The summed E-state index contributed by atoms with van der Waals surface area (Å²) in [5.74, 6) is 1.32. The predicted octanol–water partition coefficient (Wildman–Crippen LogP) is 2.13. The molecule has 0 bridgehead atoms. The summed E-state index contributed by atoms with van der Waals surface area (Å²) in [7, 11) is 0. The highest BCUT2D eigenvalue weighted by atomic mass is 32.2. The molecule has 1 aliphatic heterocycles. The zero-order chi connectivity index (χ0) is 15.4. The second-order valence-corrected chi connectivity index (χ2v) is 7.53. The van der Waals surface area contributed by atoms with Crippen LogP contribution in [0.4, 0.5) is 0 Å². The van der Waals surface area contributed by atoms with Gasteiger partial charge in [0.05, 0.1) is 12.3 Å². The van der Waals surface area contributed by atoms with Gasteiger partial charge in [-0.05, 0) is 40.6 Å². The Morgan fingerprint density at radius 3 is 3.00 bits per heavy atom. The molecule has 1 saturated heterocycles. The van der Waals surface area contributed by atoms with Crippen LogP contribution in [-0.2, 0) is 11.3 Å². The number of piperidine rings is 1. The van der Waals surface area contributed by atoms with E-state index in [1.807, 2.05) is 16.3 Å². The van der Waals surface area contributed by atoms with Crippen molar-refractivity contribution in [1.82, 2.24) is 25.1 Å². The van der Waals surface area contributed by atoms with Gasteiger partial charge in [-0.25, -0.2) is 4.68 Å². The van der Waals surface area contributed by atoms with E-state index in [0.717, 1.165) is 31.8 Å². The molecule has 1 fully saturated rings. The third kappa shape index (κ3) is 3.86. The van der Waals surface area contributed by atoms with Gasteiger partial charge in [0.2, 0.25) is 11.1 Å². The minimum absolute atomic E-state index is 0.183. The number of rotatable bonds is 5.